The minimum absolute atomic E-state index is 0.0691. The van der Waals surface area contributed by atoms with Crippen LogP contribution in [0.2, 0.25) is 0 Å². The van der Waals surface area contributed by atoms with Crippen LogP contribution in [-0.2, 0) is 11.2 Å². The topological polar surface area (TPSA) is 135 Å². The largest absolute Gasteiger partial charge is 0.490 e. The number of benzene rings is 2. The van der Waals surface area contributed by atoms with Gasteiger partial charge in [-0.05, 0) is 76.0 Å². The number of nitrogens with one attached hydrogen (secondary N) is 1. The zero-order valence-corrected chi connectivity index (χ0v) is 26.8. The van der Waals surface area contributed by atoms with Crippen LogP contribution in [0.5, 0.6) is 5.75 Å². The number of hydrogen-bond donors (Lipinski definition) is 2. The Balaban J connectivity index is 1.06. The molecular weight excluding hydrogens is 598 g/mol. The lowest BCUT2D eigenvalue weighted by Crippen LogP contribution is -2.42. The number of β-amino-alcohol motifs (C(OH)–C–C–N with tert-alkyl or cyclic N) is 1. The van der Waals surface area contributed by atoms with E-state index in [2.05, 4.69) is 14.9 Å². The van der Waals surface area contributed by atoms with Crippen LogP contribution in [0.15, 0.2) is 71.5 Å². The predicted molar refractivity (Wildman–Crippen MR) is 177 cm³/mol. The van der Waals surface area contributed by atoms with Gasteiger partial charge < -0.3 is 28.9 Å². The molecule has 47 heavy (non-hydrogen) atoms. The SMILES string of the molecule is CCc1c(C(=O)OC(C)C)ncc2[nH]c3cccc(OCC(O)CN4CCC(C(=O)c5ccc(C(=O)c6ccco6)cc5)CC4)c3c12. The maximum Gasteiger partial charge on any atom is 0.357 e. The van der Waals surface area contributed by atoms with E-state index in [1.807, 2.05) is 39.0 Å². The number of rotatable bonds is 12. The van der Waals surface area contributed by atoms with E-state index in [0.717, 1.165) is 27.4 Å². The third-order valence-corrected chi connectivity index (χ3v) is 8.65. The molecule has 0 amide bonds. The van der Waals surface area contributed by atoms with Crippen molar-refractivity contribution in [2.45, 2.75) is 52.2 Å². The summed E-state index contributed by atoms with van der Waals surface area (Å²) in [6.45, 7) is 7.47. The van der Waals surface area contributed by atoms with Crippen molar-refractivity contribution in [1.82, 2.24) is 14.9 Å². The number of H-pyrrole nitrogens is 1. The molecule has 10 nitrogen and oxygen atoms in total. The van der Waals surface area contributed by atoms with Gasteiger partial charge in [0.15, 0.2) is 17.2 Å². The van der Waals surface area contributed by atoms with Crippen molar-refractivity contribution in [2.24, 2.45) is 5.92 Å². The zero-order chi connectivity index (χ0) is 33.1. The highest BCUT2D eigenvalue weighted by atomic mass is 16.5. The molecule has 6 rings (SSSR count). The van der Waals surface area contributed by atoms with Gasteiger partial charge in [-0.15, -0.1) is 0 Å². The number of pyridine rings is 1. The van der Waals surface area contributed by atoms with Gasteiger partial charge in [-0.3, -0.25) is 9.59 Å². The average molecular weight is 638 g/mol. The molecule has 3 aromatic heterocycles. The van der Waals surface area contributed by atoms with Crippen LogP contribution < -0.4 is 4.74 Å². The molecule has 4 heterocycles. The van der Waals surface area contributed by atoms with Crippen LogP contribution in [-0.4, -0.2) is 76.0 Å². The second-order valence-corrected chi connectivity index (χ2v) is 12.3. The first-order chi connectivity index (χ1) is 22.7. The number of likely N-dealkylation sites (tertiary alicyclic amines) is 1. The normalized spacial score (nSPS) is 14.9. The summed E-state index contributed by atoms with van der Waals surface area (Å²) >= 11 is 0. The summed E-state index contributed by atoms with van der Waals surface area (Å²) in [5, 5.41) is 12.6. The number of aryl methyl sites for hydroxylation is 1. The quantitative estimate of drug-likeness (QED) is 0.125. The Labute approximate surface area is 272 Å². The lowest BCUT2D eigenvalue weighted by atomic mass is 9.88. The van der Waals surface area contributed by atoms with Crippen LogP contribution in [0.3, 0.4) is 0 Å². The lowest BCUT2D eigenvalue weighted by Gasteiger charge is -2.32. The number of fused-ring (bicyclic) bond motifs is 3. The Kier molecular flexibility index (Phi) is 9.51. The minimum Gasteiger partial charge on any atom is -0.490 e. The number of furan rings is 1. The van der Waals surface area contributed by atoms with Crippen molar-refractivity contribution in [3.63, 3.8) is 0 Å². The molecule has 2 N–H and O–H groups in total. The van der Waals surface area contributed by atoms with E-state index >= 15 is 0 Å². The van der Waals surface area contributed by atoms with Crippen molar-refractivity contribution in [2.75, 3.05) is 26.2 Å². The van der Waals surface area contributed by atoms with Crippen LogP contribution in [0, 0.1) is 5.92 Å². The summed E-state index contributed by atoms with van der Waals surface area (Å²) < 4.78 is 16.8. The third-order valence-electron chi connectivity index (χ3n) is 8.65. The maximum absolute atomic E-state index is 13.2. The highest BCUT2D eigenvalue weighted by Gasteiger charge is 2.28. The molecule has 5 aromatic rings. The monoisotopic (exact) mass is 637 g/mol. The van der Waals surface area contributed by atoms with Gasteiger partial charge in [0.05, 0.1) is 29.6 Å². The van der Waals surface area contributed by atoms with E-state index in [4.69, 9.17) is 13.9 Å². The Hall–Kier alpha value is -4.80. The average Bonchev–Trinajstić information content (AvgIpc) is 3.75. The molecule has 0 saturated carbocycles. The lowest BCUT2D eigenvalue weighted by molar-refractivity contribution is 0.0369. The van der Waals surface area contributed by atoms with Crippen molar-refractivity contribution in [1.29, 1.82) is 0 Å². The molecule has 0 aliphatic carbocycles. The number of ether oxygens (including phenoxy) is 2. The smallest absolute Gasteiger partial charge is 0.357 e. The van der Waals surface area contributed by atoms with Gasteiger partial charge in [-0.25, -0.2) is 9.78 Å². The molecule has 1 unspecified atom stereocenters. The fourth-order valence-electron chi connectivity index (χ4n) is 6.37. The number of hydrogen-bond acceptors (Lipinski definition) is 9. The molecule has 2 aromatic carbocycles. The molecule has 10 heteroatoms. The third kappa shape index (κ3) is 6.84. The Morgan fingerprint density at radius 1 is 1.00 bits per heavy atom. The second kappa shape index (κ2) is 13.9. The number of ketones is 2. The number of Topliss-reactive ketones (excluding diaryl/α,β-unsaturated/α-hetero) is 1. The maximum atomic E-state index is 13.2. The number of carbonyl (C=O) groups is 3. The van der Waals surface area contributed by atoms with Crippen LogP contribution in [0.4, 0.5) is 0 Å². The first-order valence-corrected chi connectivity index (χ1v) is 16.1. The van der Waals surface area contributed by atoms with Crippen molar-refractivity contribution in [3.8, 4) is 5.75 Å². The zero-order valence-electron chi connectivity index (χ0n) is 26.8. The van der Waals surface area contributed by atoms with E-state index < -0.39 is 12.1 Å². The molecule has 0 spiro atoms. The molecular formula is C37H39N3O7. The van der Waals surface area contributed by atoms with Gasteiger partial charge in [0.25, 0.3) is 0 Å². The van der Waals surface area contributed by atoms with Crippen molar-refractivity contribution in [3.05, 3.63) is 95.2 Å². The summed E-state index contributed by atoms with van der Waals surface area (Å²) in [6, 6.07) is 15.7. The highest BCUT2D eigenvalue weighted by Crippen LogP contribution is 2.36. The number of aromatic amines is 1. The number of aliphatic hydroxyl groups excluding tert-OH is 1. The minimum atomic E-state index is -0.745. The van der Waals surface area contributed by atoms with Crippen molar-refractivity contribution >= 4 is 39.3 Å². The Bertz CT molecular complexity index is 1880. The fourth-order valence-corrected chi connectivity index (χ4v) is 6.37. The summed E-state index contributed by atoms with van der Waals surface area (Å²) in [4.78, 5) is 48.5. The van der Waals surface area contributed by atoms with E-state index in [-0.39, 0.29) is 36.0 Å². The Morgan fingerprint density at radius 3 is 2.43 bits per heavy atom. The van der Waals surface area contributed by atoms with Crippen LogP contribution in [0.25, 0.3) is 21.8 Å². The summed E-state index contributed by atoms with van der Waals surface area (Å²) in [7, 11) is 0. The number of aliphatic hydroxyl groups is 1. The Morgan fingerprint density at radius 2 is 1.74 bits per heavy atom. The molecule has 1 atom stereocenters. The number of piperidine rings is 1. The second-order valence-electron chi connectivity index (χ2n) is 12.3. The molecule has 244 valence electrons. The molecule has 0 radical (unpaired) electrons. The molecule has 1 aliphatic heterocycles. The van der Waals surface area contributed by atoms with E-state index in [0.29, 0.717) is 61.5 Å². The van der Waals surface area contributed by atoms with Gasteiger partial charge in [0, 0.05) is 34.4 Å². The summed E-state index contributed by atoms with van der Waals surface area (Å²) in [6.07, 6.45) is 4.05. The van der Waals surface area contributed by atoms with Crippen molar-refractivity contribution < 1.29 is 33.4 Å². The molecule has 1 saturated heterocycles. The van der Waals surface area contributed by atoms with E-state index in [1.54, 1.807) is 42.6 Å². The van der Waals surface area contributed by atoms with E-state index in [1.165, 1.54) is 6.26 Å². The molecule has 1 aliphatic rings. The molecule has 0 bridgehead atoms. The van der Waals surface area contributed by atoms with Gasteiger partial charge in [-0.2, -0.15) is 0 Å². The molecule has 1 fully saturated rings. The summed E-state index contributed by atoms with van der Waals surface area (Å²) in [5.74, 6) is 0.154. The van der Waals surface area contributed by atoms with Gasteiger partial charge in [-0.1, -0.05) is 37.3 Å². The van der Waals surface area contributed by atoms with Crippen LogP contribution >= 0.6 is 0 Å². The predicted octanol–water partition coefficient (Wildman–Crippen LogP) is 6.00. The summed E-state index contributed by atoms with van der Waals surface area (Å²) in [5.41, 5.74) is 3.79. The number of aromatic nitrogens is 2. The van der Waals surface area contributed by atoms with Crippen LogP contribution in [0.1, 0.15) is 76.1 Å². The number of nitrogens with zero attached hydrogens (tertiary/aromatic N) is 2. The number of esters is 1. The highest BCUT2D eigenvalue weighted by molar-refractivity contribution is 6.13. The first kappa shape index (κ1) is 32.2. The first-order valence-electron chi connectivity index (χ1n) is 16.1. The standard InChI is InChI=1S/C37H39N3O7/c1-4-27-32-29(19-38-34(27)37(44)47-22(2)3)39-28-7-5-8-30(33(28)32)46-21-26(41)20-40-16-14-25(15-17-40)35(42)23-10-12-24(13-11-23)36(43)31-9-6-18-45-31/h5-13,18-19,22,25-26,39,41H,4,14-17,20-21H2,1-3H3. The van der Waals surface area contributed by atoms with Gasteiger partial charge in [0.1, 0.15) is 18.5 Å². The fraction of sp³-hybridized carbons (Fsp3) is 0.351. The van der Waals surface area contributed by atoms with E-state index in [9.17, 15) is 19.5 Å². The number of carbonyl (C=O) groups excluding carboxylic acids is 3. The van der Waals surface area contributed by atoms with Gasteiger partial charge in [0.2, 0.25) is 5.78 Å². The van der Waals surface area contributed by atoms with Gasteiger partial charge >= 0.3 is 5.97 Å².